The first-order chi connectivity index (χ1) is 17.4. The molecule has 1 fully saturated rings. The number of rotatable bonds is 8. The lowest BCUT2D eigenvalue weighted by Crippen LogP contribution is -2.56. The summed E-state index contributed by atoms with van der Waals surface area (Å²) in [6.07, 6.45) is 1.53. The SMILES string of the molecule is CC(=O)CN(C)c1ccnc2c1cc(C(=O)NCc1ccc(Cl)cc1)c(=O)n2CC(=O)N1CC(C)(C)C1. The minimum absolute atomic E-state index is 0.0346. The topological polar surface area (TPSA) is 105 Å². The molecular weight excluding hydrogens is 494 g/mol. The van der Waals surface area contributed by atoms with Gasteiger partial charge in [0.05, 0.1) is 6.54 Å². The molecule has 194 valence electrons. The van der Waals surface area contributed by atoms with E-state index in [2.05, 4.69) is 24.1 Å². The number of hydrogen-bond donors (Lipinski definition) is 1. The van der Waals surface area contributed by atoms with E-state index in [9.17, 15) is 19.2 Å². The van der Waals surface area contributed by atoms with Crippen molar-refractivity contribution in [1.82, 2.24) is 19.8 Å². The Hall–Kier alpha value is -3.72. The normalized spacial score (nSPS) is 14.2. The summed E-state index contributed by atoms with van der Waals surface area (Å²) in [5.74, 6) is -0.833. The number of carbonyl (C=O) groups is 3. The van der Waals surface area contributed by atoms with Crippen molar-refractivity contribution in [2.75, 3.05) is 31.6 Å². The smallest absolute Gasteiger partial charge is 0.265 e. The summed E-state index contributed by atoms with van der Waals surface area (Å²) in [6.45, 7) is 6.91. The van der Waals surface area contributed by atoms with E-state index in [1.807, 2.05) is 0 Å². The third-order valence-electron chi connectivity index (χ3n) is 6.33. The fraction of sp³-hybridized carbons (Fsp3) is 0.370. The second-order valence-electron chi connectivity index (χ2n) is 10.3. The average molecular weight is 524 g/mol. The summed E-state index contributed by atoms with van der Waals surface area (Å²) in [4.78, 5) is 59.4. The Morgan fingerprint density at radius 2 is 1.81 bits per heavy atom. The lowest BCUT2D eigenvalue weighted by atomic mass is 9.84. The van der Waals surface area contributed by atoms with Crippen molar-refractivity contribution < 1.29 is 14.4 Å². The van der Waals surface area contributed by atoms with Crippen LogP contribution in [0, 0.1) is 5.41 Å². The summed E-state index contributed by atoms with van der Waals surface area (Å²) in [5, 5.41) is 3.86. The van der Waals surface area contributed by atoms with Gasteiger partial charge in [-0.1, -0.05) is 37.6 Å². The van der Waals surface area contributed by atoms with Crippen molar-refractivity contribution in [2.24, 2.45) is 5.41 Å². The van der Waals surface area contributed by atoms with E-state index in [-0.39, 0.29) is 48.0 Å². The van der Waals surface area contributed by atoms with E-state index < -0.39 is 11.5 Å². The Morgan fingerprint density at radius 1 is 1.14 bits per heavy atom. The zero-order valence-electron chi connectivity index (χ0n) is 21.4. The van der Waals surface area contributed by atoms with Crippen molar-refractivity contribution in [3.05, 3.63) is 69.1 Å². The maximum Gasteiger partial charge on any atom is 0.265 e. The molecule has 0 saturated carbocycles. The highest BCUT2D eigenvalue weighted by molar-refractivity contribution is 6.30. The zero-order valence-corrected chi connectivity index (χ0v) is 22.1. The van der Waals surface area contributed by atoms with Crippen molar-refractivity contribution in [1.29, 1.82) is 0 Å². The van der Waals surface area contributed by atoms with Crippen LogP contribution in [0.3, 0.4) is 0 Å². The minimum Gasteiger partial charge on any atom is -0.367 e. The number of fused-ring (bicyclic) bond motifs is 1. The number of nitrogens with zero attached hydrogens (tertiary/aromatic N) is 4. The van der Waals surface area contributed by atoms with Gasteiger partial charge in [-0.15, -0.1) is 0 Å². The number of nitrogens with one attached hydrogen (secondary N) is 1. The molecule has 2 aromatic heterocycles. The minimum atomic E-state index is -0.604. The highest BCUT2D eigenvalue weighted by atomic mass is 35.5. The number of Topliss-reactive ketones (excluding diaryl/α,β-unsaturated/α-hetero) is 1. The quantitative estimate of drug-likeness (QED) is 0.487. The molecule has 37 heavy (non-hydrogen) atoms. The van der Waals surface area contributed by atoms with Gasteiger partial charge in [0.2, 0.25) is 5.91 Å². The molecular formula is C27H30ClN5O4. The van der Waals surface area contributed by atoms with Gasteiger partial charge in [-0.3, -0.25) is 23.7 Å². The van der Waals surface area contributed by atoms with E-state index in [1.165, 1.54) is 23.8 Å². The van der Waals surface area contributed by atoms with E-state index in [1.54, 1.807) is 47.2 Å². The Labute approximate surface area is 220 Å². The van der Waals surface area contributed by atoms with E-state index in [4.69, 9.17) is 11.6 Å². The van der Waals surface area contributed by atoms with Gasteiger partial charge >= 0.3 is 0 Å². The van der Waals surface area contributed by atoms with Gasteiger partial charge in [-0.25, -0.2) is 4.98 Å². The molecule has 1 aliphatic rings. The van der Waals surface area contributed by atoms with Crippen LogP contribution in [0.5, 0.6) is 0 Å². The molecule has 2 amide bonds. The largest absolute Gasteiger partial charge is 0.367 e. The van der Waals surface area contributed by atoms with Crippen molar-refractivity contribution in [3.63, 3.8) is 0 Å². The van der Waals surface area contributed by atoms with Crippen LogP contribution in [0.4, 0.5) is 5.69 Å². The molecule has 0 atom stereocenters. The summed E-state index contributed by atoms with van der Waals surface area (Å²) < 4.78 is 1.26. The van der Waals surface area contributed by atoms with Crippen LogP contribution < -0.4 is 15.8 Å². The van der Waals surface area contributed by atoms with E-state index >= 15 is 0 Å². The number of carbonyl (C=O) groups excluding carboxylic acids is 3. The number of halogens is 1. The number of ketones is 1. The van der Waals surface area contributed by atoms with Crippen LogP contribution in [-0.4, -0.2) is 58.7 Å². The maximum absolute atomic E-state index is 13.5. The fourth-order valence-electron chi connectivity index (χ4n) is 4.59. The van der Waals surface area contributed by atoms with Gasteiger partial charge in [-0.05, 0) is 42.2 Å². The molecule has 0 unspecified atom stereocenters. The molecule has 4 rings (SSSR count). The molecule has 3 heterocycles. The van der Waals surface area contributed by atoms with Gasteiger partial charge in [0, 0.05) is 49.0 Å². The third kappa shape index (κ3) is 5.83. The van der Waals surface area contributed by atoms with Crippen LogP contribution >= 0.6 is 11.6 Å². The summed E-state index contributed by atoms with van der Waals surface area (Å²) in [7, 11) is 1.75. The Balaban J connectivity index is 1.74. The molecule has 1 saturated heterocycles. The van der Waals surface area contributed by atoms with Crippen molar-refractivity contribution in [2.45, 2.75) is 33.9 Å². The third-order valence-corrected chi connectivity index (χ3v) is 6.58. The number of benzene rings is 1. The van der Waals surface area contributed by atoms with Gasteiger partial charge < -0.3 is 15.1 Å². The van der Waals surface area contributed by atoms with Crippen LogP contribution in [0.1, 0.15) is 36.7 Å². The van der Waals surface area contributed by atoms with Gasteiger partial charge in [0.15, 0.2) is 0 Å². The van der Waals surface area contributed by atoms with Crippen LogP contribution in [-0.2, 0) is 22.7 Å². The second kappa shape index (κ2) is 10.3. The molecule has 1 aliphatic heterocycles. The molecule has 1 N–H and O–H groups in total. The van der Waals surface area contributed by atoms with Crippen LogP contribution in [0.2, 0.25) is 5.02 Å². The van der Waals surface area contributed by atoms with Crippen LogP contribution in [0.25, 0.3) is 11.0 Å². The first-order valence-corrected chi connectivity index (χ1v) is 12.4. The van der Waals surface area contributed by atoms with Gasteiger partial charge in [0.1, 0.15) is 23.5 Å². The first-order valence-electron chi connectivity index (χ1n) is 12.0. The van der Waals surface area contributed by atoms with Crippen LogP contribution in [0.15, 0.2) is 47.4 Å². The fourth-order valence-corrected chi connectivity index (χ4v) is 4.72. The van der Waals surface area contributed by atoms with Crippen molar-refractivity contribution in [3.8, 4) is 0 Å². The van der Waals surface area contributed by atoms with Gasteiger partial charge in [-0.2, -0.15) is 0 Å². The first kappa shape index (κ1) is 26.3. The summed E-state index contributed by atoms with van der Waals surface area (Å²) in [5.41, 5.74) is 1.04. The number of amides is 2. The molecule has 10 heteroatoms. The number of likely N-dealkylation sites (N-methyl/N-ethyl adjacent to an activating group) is 1. The predicted octanol–water partition coefficient (Wildman–Crippen LogP) is 2.87. The molecule has 0 spiro atoms. The highest BCUT2D eigenvalue weighted by Crippen LogP contribution is 2.29. The molecule has 0 aliphatic carbocycles. The number of hydrogen-bond acceptors (Lipinski definition) is 6. The maximum atomic E-state index is 13.5. The van der Waals surface area contributed by atoms with Crippen molar-refractivity contribution >= 4 is 45.9 Å². The standard InChI is InChI=1S/C27H30ClN5O4/c1-17(34)13-31(4)22-9-10-29-24-20(22)11-21(25(36)30-12-18-5-7-19(28)8-6-18)26(37)33(24)14-23(35)32-15-27(2,3)16-32/h5-11H,12-16H2,1-4H3,(H,30,36). The van der Waals surface area contributed by atoms with E-state index in [0.717, 1.165) is 5.56 Å². The molecule has 0 bridgehead atoms. The second-order valence-corrected chi connectivity index (χ2v) is 10.7. The number of likely N-dealkylation sites (tertiary alicyclic amines) is 1. The summed E-state index contributed by atoms with van der Waals surface area (Å²) in [6, 6.07) is 10.2. The lowest BCUT2D eigenvalue weighted by Gasteiger charge is -2.45. The monoisotopic (exact) mass is 523 g/mol. The Morgan fingerprint density at radius 3 is 2.43 bits per heavy atom. The Kier molecular flexibility index (Phi) is 7.36. The molecule has 9 nitrogen and oxygen atoms in total. The highest BCUT2D eigenvalue weighted by Gasteiger charge is 2.37. The Bertz CT molecular complexity index is 1420. The molecule has 0 radical (unpaired) electrons. The number of anilines is 1. The summed E-state index contributed by atoms with van der Waals surface area (Å²) >= 11 is 5.94. The molecule has 3 aromatic rings. The number of pyridine rings is 2. The van der Waals surface area contributed by atoms with E-state index in [0.29, 0.717) is 29.2 Å². The molecule has 1 aromatic carbocycles. The number of aromatic nitrogens is 2. The average Bonchev–Trinajstić information content (AvgIpc) is 2.82. The van der Waals surface area contributed by atoms with Gasteiger partial charge in [0.25, 0.3) is 11.5 Å². The predicted molar refractivity (Wildman–Crippen MR) is 143 cm³/mol. The lowest BCUT2D eigenvalue weighted by molar-refractivity contribution is -0.142. The zero-order chi connectivity index (χ0) is 26.9.